The summed E-state index contributed by atoms with van der Waals surface area (Å²) in [6.45, 7) is 10.9. The van der Waals surface area contributed by atoms with Gasteiger partial charge in [0.1, 0.15) is 47.9 Å². The van der Waals surface area contributed by atoms with E-state index in [1.807, 2.05) is 34.8 Å². The molecule has 4 aliphatic rings. The fourth-order valence-corrected chi connectivity index (χ4v) is 11.9. The Bertz CT molecular complexity index is 3310. The largest absolute Gasteiger partial charge is 0.390 e. The number of hydrogen-bond donors (Lipinski definition) is 10. The van der Waals surface area contributed by atoms with E-state index in [1.54, 1.807) is 21.8 Å². The minimum absolute atomic E-state index is 0.0188. The molecular formula is C53H74N24O7. The molecule has 2 saturated carbocycles. The predicted molar refractivity (Wildman–Crippen MR) is 303 cm³/mol. The zero-order chi connectivity index (χ0) is 58.3. The summed E-state index contributed by atoms with van der Waals surface area (Å²) in [5.74, 6) is 1.71. The molecule has 4 fully saturated rings. The van der Waals surface area contributed by atoms with Crippen molar-refractivity contribution in [3.8, 4) is 0 Å². The second-order valence-corrected chi connectivity index (χ2v) is 23.0. The van der Waals surface area contributed by atoms with Gasteiger partial charge in [-0.05, 0) is 66.2 Å². The van der Waals surface area contributed by atoms with Crippen LogP contribution in [-0.2, 0) is 26.1 Å². The number of aromatic nitrogens is 18. The summed E-state index contributed by atoms with van der Waals surface area (Å²) in [4.78, 5) is 59.0. The van der Waals surface area contributed by atoms with Gasteiger partial charge in [0.2, 0.25) is 11.9 Å². The molecule has 0 spiro atoms. The first-order valence-electron chi connectivity index (χ1n) is 29.0. The van der Waals surface area contributed by atoms with Crippen LogP contribution in [0.3, 0.4) is 0 Å². The number of nitrogens with one attached hydrogen (secondary N) is 4. The second kappa shape index (κ2) is 24.0. The van der Waals surface area contributed by atoms with Crippen molar-refractivity contribution < 1.29 is 35.4 Å². The van der Waals surface area contributed by atoms with Gasteiger partial charge in [0, 0.05) is 88.7 Å². The third kappa shape index (κ3) is 11.4. The molecule has 10 heterocycles. The van der Waals surface area contributed by atoms with Crippen LogP contribution in [0.25, 0.3) is 22.3 Å². The molecule has 31 nitrogen and oxygen atoms in total. The van der Waals surface area contributed by atoms with Crippen molar-refractivity contribution in [2.75, 3.05) is 60.5 Å². The average Bonchev–Trinajstić information content (AvgIpc) is 3.78. The first-order chi connectivity index (χ1) is 40.7. The van der Waals surface area contributed by atoms with Crippen LogP contribution in [0.15, 0.2) is 50.1 Å². The molecule has 10 N–H and O–H groups in total. The Morgan fingerprint density at radius 3 is 1.32 bits per heavy atom. The van der Waals surface area contributed by atoms with Crippen molar-refractivity contribution in [3.63, 3.8) is 0 Å². The Hall–Kier alpha value is -7.97. The summed E-state index contributed by atoms with van der Waals surface area (Å²) < 4.78 is 7.66. The first-order valence-corrected chi connectivity index (χ1v) is 29.0. The van der Waals surface area contributed by atoms with Gasteiger partial charge in [-0.1, -0.05) is 0 Å². The van der Waals surface area contributed by atoms with Crippen LogP contribution in [0.2, 0.25) is 0 Å². The summed E-state index contributed by atoms with van der Waals surface area (Å²) in [6, 6.07) is -2.14. The Morgan fingerprint density at radius 1 is 0.548 bits per heavy atom. The zero-order valence-electron chi connectivity index (χ0n) is 47.4. The lowest BCUT2D eigenvalue weighted by Crippen LogP contribution is -2.51. The van der Waals surface area contributed by atoms with Crippen LogP contribution < -0.4 is 21.3 Å². The minimum Gasteiger partial charge on any atom is -0.390 e. The molecule has 448 valence electrons. The van der Waals surface area contributed by atoms with Gasteiger partial charge < -0.3 is 80.0 Å². The van der Waals surface area contributed by atoms with Crippen LogP contribution in [0, 0.1) is 0 Å². The van der Waals surface area contributed by atoms with Crippen LogP contribution >= 0.6 is 0 Å². The highest BCUT2D eigenvalue weighted by molar-refractivity contribution is 5.85. The number of anilines is 4. The van der Waals surface area contributed by atoms with Gasteiger partial charge in [0.05, 0.1) is 74.4 Å². The first kappa shape index (κ1) is 56.5. The molecule has 8 aromatic rings. The van der Waals surface area contributed by atoms with Crippen molar-refractivity contribution in [1.82, 2.24) is 97.9 Å². The molecule has 2 saturated heterocycles. The fraction of sp³-hybridized carbons (Fsp3) is 0.604. The lowest BCUT2D eigenvalue weighted by molar-refractivity contribution is 0.00491. The van der Waals surface area contributed by atoms with E-state index in [-0.39, 0.29) is 56.3 Å². The Labute approximate surface area is 482 Å². The zero-order valence-corrected chi connectivity index (χ0v) is 47.4. The van der Waals surface area contributed by atoms with Crippen LogP contribution in [0.1, 0.15) is 125 Å². The summed E-state index contributed by atoms with van der Waals surface area (Å²) in [5.41, 5.74) is 4.47. The third-order valence-corrected chi connectivity index (χ3v) is 16.9. The lowest BCUT2D eigenvalue weighted by Gasteiger charge is -2.39. The number of imidazole rings is 4. The molecule has 84 heavy (non-hydrogen) atoms. The van der Waals surface area contributed by atoms with Gasteiger partial charge >= 0.3 is 6.03 Å². The second-order valence-electron chi connectivity index (χ2n) is 23.0. The number of amides is 2. The van der Waals surface area contributed by atoms with Crippen molar-refractivity contribution in [2.45, 2.75) is 165 Å². The van der Waals surface area contributed by atoms with E-state index in [1.165, 1.54) is 22.0 Å². The summed E-state index contributed by atoms with van der Waals surface area (Å²) >= 11 is 0. The van der Waals surface area contributed by atoms with E-state index < -0.39 is 48.6 Å². The van der Waals surface area contributed by atoms with Crippen LogP contribution in [0.5, 0.6) is 0 Å². The van der Waals surface area contributed by atoms with E-state index in [0.717, 1.165) is 11.4 Å². The van der Waals surface area contributed by atoms with Crippen molar-refractivity contribution in [3.05, 3.63) is 72.9 Å². The molecule has 31 heteroatoms. The number of rotatable bonds is 20. The standard InChI is InChI=1S/C53H74N24O7/c1-29(2)72-21-33(56-25-72)5-11-54-51-64-47(41-49(66-51)74(27-58-41)37-17-39(45(82)43(37)80)76-60-19-35(23-78)68-76)62-31-7-13-70(14-8-31)53(84)71-15-9-32(10-16-71)63-48-42-50(67-52(65-48)55-12-6-34-22-73(26-57-34)30(3)4)75(28-59-42)38-18-40(46(83)44(38)81)77-61-20-36(24-79)69-77/h19-22,25-32,37-40,43-46,78-83H,5-18,23-24H2,1-4H3,(H2,54,62,64,66)(H2,55,63,65,67)/t37-,38-,39+,40+,43+,44+,45-,46-/m1/s1. The highest BCUT2D eigenvalue weighted by Gasteiger charge is 2.47. The number of likely N-dealkylation sites (tertiary alicyclic amines) is 2. The van der Waals surface area contributed by atoms with Gasteiger partial charge in [-0.2, -0.15) is 49.9 Å². The molecule has 2 aliphatic carbocycles. The smallest absolute Gasteiger partial charge is 0.320 e. The van der Waals surface area contributed by atoms with Gasteiger partial charge in [-0.15, -0.1) is 0 Å². The summed E-state index contributed by atoms with van der Waals surface area (Å²) in [7, 11) is 0. The number of carbonyl (C=O) groups is 1. The Balaban J connectivity index is 0.702. The van der Waals surface area contributed by atoms with Crippen LogP contribution in [-0.4, -0.2) is 210 Å². The SMILES string of the molecule is CC(C)n1cnc(CCNc2nc(NC3CCN(C(=O)N4CCC(Nc5nc(NCCc6cn(C(C)C)cn6)nc6c5ncn6[C@@H]5C[C@H](n6ncc(CO)n6)[C@@H](O)[C@H]5O)CC4)CC3)c3ncn([C@@H]4C[C@H](n5ncc(CO)n5)[C@@H](O)[C@H]4O)c3n2)c1. The topological polar surface area (TPSA) is 377 Å². The number of fused-ring (bicyclic) bond motifs is 2. The number of hydrogen-bond acceptors (Lipinski definition) is 23. The molecule has 0 bridgehead atoms. The number of aliphatic hydroxyl groups is 6. The molecule has 2 aliphatic heterocycles. The molecule has 0 aromatic carbocycles. The number of urea groups is 1. The van der Waals surface area contributed by atoms with E-state index in [2.05, 4.69) is 88.5 Å². The van der Waals surface area contributed by atoms with E-state index in [0.29, 0.717) is 135 Å². The fourth-order valence-electron chi connectivity index (χ4n) is 11.9. The van der Waals surface area contributed by atoms with Crippen molar-refractivity contribution in [2.24, 2.45) is 0 Å². The molecule has 8 aromatic heterocycles. The maximum atomic E-state index is 14.2. The average molecular weight is 1160 g/mol. The van der Waals surface area contributed by atoms with Crippen LogP contribution in [0.4, 0.5) is 28.3 Å². The predicted octanol–water partition coefficient (Wildman–Crippen LogP) is 1.39. The number of carbonyl (C=O) groups excluding carboxylic acids is 1. The maximum Gasteiger partial charge on any atom is 0.320 e. The molecule has 0 radical (unpaired) electrons. The summed E-state index contributed by atoms with van der Waals surface area (Å²) in [6.07, 6.45) is 13.4. The van der Waals surface area contributed by atoms with Gasteiger partial charge in [-0.3, -0.25) is 0 Å². The van der Waals surface area contributed by atoms with Crippen molar-refractivity contribution >= 4 is 51.9 Å². The third-order valence-electron chi connectivity index (χ3n) is 16.9. The number of piperidine rings is 2. The number of nitrogens with zero attached hydrogens (tertiary/aromatic N) is 20. The molecule has 8 atom stereocenters. The lowest BCUT2D eigenvalue weighted by atomic mass is 10.0. The molecule has 2 amide bonds. The maximum absolute atomic E-state index is 14.2. The van der Waals surface area contributed by atoms with Gasteiger partial charge in [-0.25, -0.2) is 24.7 Å². The summed E-state index contributed by atoms with van der Waals surface area (Å²) in [5, 5.41) is 95.7. The normalized spacial score (nSPS) is 23.5. The Kier molecular flexibility index (Phi) is 16.1. The van der Waals surface area contributed by atoms with E-state index in [9.17, 15) is 35.4 Å². The van der Waals surface area contributed by atoms with Gasteiger partial charge in [0.15, 0.2) is 34.0 Å². The minimum atomic E-state index is -1.20. The van der Waals surface area contributed by atoms with Crippen molar-refractivity contribution in [1.29, 1.82) is 0 Å². The molecule has 0 unspecified atom stereocenters. The Morgan fingerprint density at radius 2 is 0.952 bits per heavy atom. The highest BCUT2D eigenvalue weighted by atomic mass is 16.3. The quantitative estimate of drug-likeness (QED) is 0.0515. The van der Waals surface area contributed by atoms with E-state index in [4.69, 9.17) is 29.9 Å². The van der Waals surface area contributed by atoms with E-state index >= 15 is 0 Å². The highest BCUT2D eigenvalue weighted by Crippen LogP contribution is 2.42. The number of aliphatic hydroxyl groups excluding tert-OH is 6. The molecule has 12 rings (SSSR count). The molecular weight excluding hydrogens is 1080 g/mol. The van der Waals surface area contributed by atoms with Gasteiger partial charge in [0.25, 0.3) is 0 Å². The monoisotopic (exact) mass is 1160 g/mol.